The molecule has 0 spiro atoms. The summed E-state index contributed by atoms with van der Waals surface area (Å²) in [7, 11) is 3.85. The van der Waals surface area contributed by atoms with Gasteiger partial charge >= 0.3 is 11.9 Å². The van der Waals surface area contributed by atoms with Gasteiger partial charge in [0.15, 0.2) is 5.82 Å². The Morgan fingerprint density at radius 1 is 1.19 bits per heavy atom. The Labute approximate surface area is 188 Å². The van der Waals surface area contributed by atoms with E-state index in [9.17, 15) is 18.0 Å². The highest BCUT2D eigenvalue weighted by atomic mass is 35.5. The van der Waals surface area contributed by atoms with Gasteiger partial charge in [-0.3, -0.25) is 0 Å². The lowest BCUT2D eigenvalue weighted by molar-refractivity contribution is -0.137. The number of benzene rings is 1. The topological polar surface area (TPSA) is 43.1 Å². The van der Waals surface area contributed by atoms with Crippen molar-refractivity contribution in [1.82, 2.24) is 19.2 Å². The third-order valence-electron chi connectivity index (χ3n) is 4.33. The normalized spacial score (nSPS) is 13.6. The van der Waals surface area contributed by atoms with Crippen molar-refractivity contribution in [3.8, 4) is 5.69 Å². The molecule has 10 heteroatoms. The Hall–Kier alpha value is -2.29. The van der Waals surface area contributed by atoms with E-state index in [2.05, 4.69) is 5.10 Å². The highest BCUT2D eigenvalue weighted by Gasteiger charge is 2.30. The molecule has 1 aromatic heterocycles. The third kappa shape index (κ3) is 6.85. The SMILES string of the molecule is C\C(=C/C=C(Cl)\C=C\Cl)c1nn(CCCN(C)C)c(=O)n1-c1ccc(C(F)(F)F)cc1. The van der Waals surface area contributed by atoms with Crippen LogP contribution < -0.4 is 5.69 Å². The molecule has 0 fully saturated rings. The summed E-state index contributed by atoms with van der Waals surface area (Å²) in [5.74, 6) is 0.310. The highest BCUT2D eigenvalue weighted by molar-refractivity contribution is 6.33. The first kappa shape index (κ1) is 25.0. The minimum Gasteiger partial charge on any atom is -0.309 e. The molecule has 0 radical (unpaired) electrons. The summed E-state index contributed by atoms with van der Waals surface area (Å²) in [6.07, 6.45) is 0.950. The van der Waals surface area contributed by atoms with Gasteiger partial charge in [0.2, 0.25) is 0 Å². The van der Waals surface area contributed by atoms with Gasteiger partial charge in [-0.15, -0.1) is 5.10 Å². The molecule has 2 rings (SSSR count). The summed E-state index contributed by atoms with van der Waals surface area (Å²) in [6, 6.07) is 4.39. The maximum Gasteiger partial charge on any atom is 0.416 e. The quantitative estimate of drug-likeness (QED) is 0.488. The van der Waals surface area contributed by atoms with Crippen LogP contribution in [0.5, 0.6) is 0 Å². The zero-order valence-corrected chi connectivity index (χ0v) is 18.8. The number of hydrogen-bond acceptors (Lipinski definition) is 3. The minimum atomic E-state index is -4.46. The zero-order chi connectivity index (χ0) is 23.2. The zero-order valence-electron chi connectivity index (χ0n) is 17.3. The van der Waals surface area contributed by atoms with Crippen molar-refractivity contribution in [2.75, 3.05) is 20.6 Å². The monoisotopic (exact) mass is 474 g/mol. The molecule has 1 heterocycles. The number of halogens is 5. The number of alkyl halides is 3. The van der Waals surface area contributed by atoms with E-state index in [1.54, 1.807) is 19.1 Å². The Morgan fingerprint density at radius 3 is 2.39 bits per heavy atom. The second kappa shape index (κ2) is 10.8. The fraction of sp³-hybridized carbons (Fsp3) is 0.333. The molecule has 2 aromatic rings. The van der Waals surface area contributed by atoms with E-state index >= 15 is 0 Å². The number of allylic oxidation sites excluding steroid dienone is 5. The van der Waals surface area contributed by atoms with Gasteiger partial charge in [0.05, 0.1) is 11.3 Å². The lowest BCUT2D eigenvalue weighted by Crippen LogP contribution is -2.26. The van der Waals surface area contributed by atoms with Crippen LogP contribution >= 0.6 is 23.2 Å². The average Bonchev–Trinajstić information content (AvgIpc) is 3.02. The number of nitrogens with zero attached hydrogens (tertiary/aromatic N) is 4. The molecule has 0 aliphatic rings. The number of rotatable bonds is 8. The van der Waals surface area contributed by atoms with Crippen LogP contribution in [0.25, 0.3) is 11.3 Å². The first-order valence-corrected chi connectivity index (χ1v) is 10.2. The van der Waals surface area contributed by atoms with Gasteiger partial charge < -0.3 is 4.90 Å². The molecule has 168 valence electrons. The van der Waals surface area contributed by atoms with E-state index < -0.39 is 17.4 Å². The summed E-state index contributed by atoms with van der Waals surface area (Å²) in [4.78, 5) is 15.0. The number of aromatic nitrogens is 3. The largest absolute Gasteiger partial charge is 0.416 e. The smallest absolute Gasteiger partial charge is 0.309 e. The summed E-state index contributed by atoms with van der Waals surface area (Å²) in [5.41, 5.74) is 0.926. The number of hydrogen-bond donors (Lipinski definition) is 0. The van der Waals surface area contributed by atoms with E-state index in [0.29, 0.717) is 29.4 Å². The lowest BCUT2D eigenvalue weighted by atomic mass is 10.2. The van der Waals surface area contributed by atoms with Crippen LogP contribution in [-0.4, -0.2) is 39.9 Å². The fourth-order valence-electron chi connectivity index (χ4n) is 2.77. The van der Waals surface area contributed by atoms with Gasteiger partial charge in [0.1, 0.15) is 0 Å². The van der Waals surface area contributed by atoms with Crippen LogP contribution in [0.4, 0.5) is 13.2 Å². The van der Waals surface area contributed by atoms with E-state index in [-0.39, 0.29) is 5.69 Å². The van der Waals surface area contributed by atoms with Crippen LogP contribution in [0, 0.1) is 0 Å². The van der Waals surface area contributed by atoms with Gasteiger partial charge in [-0.25, -0.2) is 14.0 Å². The van der Waals surface area contributed by atoms with Crippen molar-refractivity contribution in [2.45, 2.75) is 26.1 Å². The summed E-state index contributed by atoms with van der Waals surface area (Å²) in [6.45, 7) is 2.86. The molecule has 5 nitrogen and oxygen atoms in total. The van der Waals surface area contributed by atoms with Crippen LogP contribution in [-0.2, 0) is 12.7 Å². The van der Waals surface area contributed by atoms with Gasteiger partial charge in [0.25, 0.3) is 0 Å². The molecular weight excluding hydrogens is 452 g/mol. The van der Waals surface area contributed by atoms with Crippen molar-refractivity contribution in [2.24, 2.45) is 0 Å². The molecule has 0 aliphatic heterocycles. The van der Waals surface area contributed by atoms with Gasteiger partial charge in [-0.1, -0.05) is 29.3 Å². The molecule has 0 aliphatic carbocycles. The van der Waals surface area contributed by atoms with Crippen LogP contribution in [0.15, 0.2) is 57.9 Å². The second-order valence-corrected chi connectivity index (χ2v) is 7.75. The average molecular weight is 475 g/mol. The summed E-state index contributed by atoms with van der Waals surface area (Å²) in [5, 5.41) is 4.78. The first-order chi connectivity index (χ1) is 14.5. The van der Waals surface area contributed by atoms with Crippen molar-refractivity contribution in [3.63, 3.8) is 0 Å². The first-order valence-electron chi connectivity index (χ1n) is 9.38. The summed E-state index contributed by atoms with van der Waals surface area (Å²) < 4.78 is 41.4. The van der Waals surface area contributed by atoms with Crippen LogP contribution in [0.2, 0.25) is 0 Å². The Kier molecular flexibility index (Phi) is 8.73. The number of aryl methyl sites for hydroxylation is 1. The molecular formula is C21H23Cl2F3N4O. The van der Waals surface area contributed by atoms with Crippen LogP contribution in [0.1, 0.15) is 24.7 Å². The third-order valence-corrected chi connectivity index (χ3v) is 4.71. The van der Waals surface area contributed by atoms with Gasteiger partial charge in [0, 0.05) is 17.1 Å². The van der Waals surface area contributed by atoms with Crippen molar-refractivity contribution < 1.29 is 13.2 Å². The maximum atomic E-state index is 13.0. The predicted octanol–water partition coefficient (Wildman–Crippen LogP) is 5.28. The molecule has 0 saturated carbocycles. The molecule has 0 atom stereocenters. The van der Waals surface area contributed by atoms with Crippen molar-refractivity contribution in [1.29, 1.82) is 0 Å². The Balaban J connectivity index is 2.53. The predicted molar refractivity (Wildman–Crippen MR) is 119 cm³/mol. The van der Waals surface area contributed by atoms with Gasteiger partial charge in [-0.2, -0.15) is 13.2 Å². The second-order valence-electron chi connectivity index (χ2n) is 7.06. The van der Waals surface area contributed by atoms with Crippen molar-refractivity contribution >= 4 is 28.8 Å². The molecule has 1 aromatic carbocycles. The summed E-state index contributed by atoms with van der Waals surface area (Å²) >= 11 is 11.5. The van der Waals surface area contributed by atoms with Crippen LogP contribution in [0.3, 0.4) is 0 Å². The molecule has 0 saturated heterocycles. The minimum absolute atomic E-state index is 0.287. The fourth-order valence-corrected chi connectivity index (χ4v) is 3.10. The van der Waals surface area contributed by atoms with Crippen molar-refractivity contribution in [3.05, 3.63) is 74.9 Å². The van der Waals surface area contributed by atoms with E-state index in [1.807, 2.05) is 19.0 Å². The Bertz CT molecular complexity index is 1030. The maximum absolute atomic E-state index is 13.0. The van der Waals surface area contributed by atoms with E-state index in [4.69, 9.17) is 23.2 Å². The highest BCUT2D eigenvalue weighted by Crippen LogP contribution is 2.29. The molecule has 0 N–H and O–H groups in total. The van der Waals surface area contributed by atoms with E-state index in [1.165, 1.54) is 33.0 Å². The Morgan fingerprint density at radius 2 is 1.84 bits per heavy atom. The molecule has 31 heavy (non-hydrogen) atoms. The molecule has 0 unspecified atom stereocenters. The standard InChI is InChI=1S/C21H23Cl2F3N4O/c1-15(5-8-17(23)11-12-22)19-27-29(14-4-13-28(2)3)20(31)30(19)18-9-6-16(7-10-18)21(24,25)26/h5-12H,4,13-14H2,1-3H3/b12-11+,15-5+,17-8+. The molecule has 0 bridgehead atoms. The van der Waals surface area contributed by atoms with E-state index in [0.717, 1.165) is 18.7 Å². The van der Waals surface area contributed by atoms with Gasteiger partial charge in [-0.05, 0) is 76.0 Å². The lowest BCUT2D eigenvalue weighted by Gasteiger charge is -2.09. The molecule has 0 amide bonds.